The molecule has 0 aliphatic carbocycles. The summed E-state index contributed by atoms with van der Waals surface area (Å²) in [4.78, 5) is 19.1. The van der Waals surface area contributed by atoms with Gasteiger partial charge in [0.2, 0.25) is 5.78 Å². The first-order chi connectivity index (χ1) is 7.63. The number of aromatic nitrogens is 4. The summed E-state index contributed by atoms with van der Waals surface area (Å²) in [5.74, 6) is 1.10. The second-order valence-corrected chi connectivity index (χ2v) is 3.90. The van der Waals surface area contributed by atoms with Gasteiger partial charge in [-0.3, -0.25) is 4.79 Å². The lowest BCUT2D eigenvalue weighted by atomic mass is 10.1. The van der Waals surface area contributed by atoms with Crippen LogP contribution in [0.15, 0.2) is 11.0 Å². The van der Waals surface area contributed by atoms with Crippen LogP contribution in [0.1, 0.15) is 31.2 Å². The second kappa shape index (κ2) is 4.05. The number of methoxy groups -OCH3 is 1. The molecule has 0 atom stereocenters. The van der Waals surface area contributed by atoms with Gasteiger partial charge in [0.1, 0.15) is 6.61 Å². The lowest BCUT2D eigenvalue weighted by Gasteiger charge is -2.02. The summed E-state index contributed by atoms with van der Waals surface area (Å²) >= 11 is 0. The number of ether oxygens (including phenoxy) is 1. The molecule has 16 heavy (non-hydrogen) atoms. The largest absolute Gasteiger partial charge is 0.377 e. The molecule has 0 saturated carbocycles. The van der Waals surface area contributed by atoms with E-state index in [0.717, 1.165) is 0 Å². The lowest BCUT2D eigenvalue weighted by Crippen LogP contribution is -2.20. The topological polar surface area (TPSA) is 72.3 Å². The monoisotopic (exact) mass is 222 g/mol. The molecule has 1 N–H and O–H groups in total. The van der Waals surface area contributed by atoms with Crippen LogP contribution in [0.3, 0.4) is 0 Å². The van der Waals surface area contributed by atoms with E-state index in [4.69, 9.17) is 4.74 Å². The second-order valence-electron chi connectivity index (χ2n) is 3.90. The third kappa shape index (κ3) is 1.71. The zero-order valence-corrected chi connectivity index (χ0v) is 9.52. The summed E-state index contributed by atoms with van der Waals surface area (Å²) in [6.45, 7) is 4.22. The zero-order chi connectivity index (χ0) is 11.7. The van der Waals surface area contributed by atoms with Gasteiger partial charge in [-0.15, -0.1) is 5.10 Å². The number of hydrogen-bond acceptors (Lipinski definition) is 4. The molecule has 2 rings (SSSR count). The van der Waals surface area contributed by atoms with Crippen LogP contribution in [0.25, 0.3) is 5.78 Å². The normalized spacial score (nSPS) is 11.5. The first-order valence-electron chi connectivity index (χ1n) is 5.09. The molecular formula is C10H14N4O2. The predicted octanol–water partition coefficient (Wildman–Crippen LogP) is 0.687. The molecule has 86 valence electrons. The fourth-order valence-electron chi connectivity index (χ4n) is 1.52. The molecule has 0 bridgehead atoms. The average Bonchev–Trinajstić information content (AvgIpc) is 2.62. The Morgan fingerprint density at radius 1 is 1.56 bits per heavy atom. The molecule has 0 amide bonds. The Balaban J connectivity index is 2.60. The highest BCUT2D eigenvalue weighted by Crippen LogP contribution is 2.08. The van der Waals surface area contributed by atoms with Gasteiger partial charge < -0.3 is 9.72 Å². The van der Waals surface area contributed by atoms with Crippen LogP contribution in [0, 0.1) is 0 Å². The maximum absolute atomic E-state index is 12.0. The van der Waals surface area contributed by atoms with E-state index in [1.165, 1.54) is 4.52 Å². The Kier molecular flexibility index (Phi) is 2.74. The van der Waals surface area contributed by atoms with Gasteiger partial charge in [0.15, 0.2) is 5.82 Å². The number of nitrogens with zero attached hydrogens (tertiary/aromatic N) is 3. The molecule has 6 heteroatoms. The van der Waals surface area contributed by atoms with Crippen LogP contribution in [0.4, 0.5) is 0 Å². The maximum atomic E-state index is 12.0. The molecule has 0 fully saturated rings. The van der Waals surface area contributed by atoms with E-state index in [2.05, 4.69) is 15.1 Å². The van der Waals surface area contributed by atoms with E-state index in [0.29, 0.717) is 23.8 Å². The molecule has 0 aliphatic heterocycles. The summed E-state index contributed by atoms with van der Waals surface area (Å²) in [5.41, 5.74) is 0.569. The molecular weight excluding hydrogens is 208 g/mol. The molecule has 0 saturated heterocycles. The SMILES string of the molecule is COCc1nc2[nH]cc(C(C)C)c(=O)n2n1. The number of aromatic amines is 1. The van der Waals surface area contributed by atoms with Gasteiger partial charge in [0, 0.05) is 18.9 Å². The Morgan fingerprint density at radius 3 is 2.94 bits per heavy atom. The molecule has 0 aromatic carbocycles. The number of fused-ring (bicyclic) bond motifs is 1. The molecule has 0 spiro atoms. The molecule has 0 radical (unpaired) electrons. The number of nitrogens with one attached hydrogen (secondary N) is 1. The third-order valence-electron chi connectivity index (χ3n) is 2.34. The van der Waals surface area contributed by atoms with Crippen molar-refractivity contribution < 1.29 is 4.74 Å². The van der Waals surface area contributed by atoms with Crippen molar-refractivity contribution >= 4 is 5.78 Å². The van der Waals surface area contributed by atoms with Gasteiger partial charge in [0.25, 0.3) is 5.56 Å². The summed E-state index contributed by atoms with van der Waals surface area (Å²) in [6, 6.07) is 0. The Morgan fingerprint density at radius 2 is 2.31 bits per heavy atom. The van der Waals surface area contributed by atoms with Crippen molar-refractivity contribution in [2.45, 2.75) is 26.4 Å². The minimum atomic E-state index is -0.126. The quantitative estimate of drug-likeness (QED) is 0.829. The minimum absolute atomic E-state index is 0.126. The standard InChI is InChI=1S/C10H14N4O2/c1-6(2)7-4-11-10-12-8(5-16-3)13-14(10)9(7)15/h4,6H,5H2,1-3H3,(H,11,12,13). The number of H-pyrrole nitrogens is 1. The van der Waals surface area contributed by atoms with Gasteiger partial charge in [-0.05, 0) is 5.92 Å². The summed E-state index contributed by atoms with van der Waals surface area (Å²) in [6.07, 6.45) is 1.69. The van der Waals surface area contributed by atoms with Crippen molar-refractivity contribution in [3.05, 3.63) is 27.9 Å². The zero-order valence-electron chi connectivity index (χ0n) is 9.52. The van der Waals surface area contributed by atoms with Gasteiger partial charge in [-0.1, -0.05) is 13.8 Å². The average molecular weight is 222 g/mol. The first kappa shape index (κ1) is 10.8. The summed E-state index contributed by atoms with van der Waals surface area (Å²) in [5, 5.41) is 4.08. The van der Waals surface area contributed by atoms with Gasteiger partial charge in [-0.25, -0.2) is 0 Å². The van der Waals surface area contributed by atoms with Crippen molar-refractivity contribution in [2.75, 3.05) is 7.11 Å². The molecule has 2 aromatic rings. The highest BCUT2D eigenvalue weighted by molar-refractivity contribution is 5.28. The van der Waals surface area contributed by atoms with Gasteiger partial charge in [0.05, 0.1) is 0 Å². The predicted molar refractivity (Wildman–Crippen MR) is 58.4 cm³/mol. The van der Waals surface area contributed by atoms with Crippen LogP contribution < -0.4 is 5.56 Å². The van der Waals surface area contributed by atoms with Crippen LogP contribution in [0.5, 0.6) is 0 Å². The Labute approximate surface area is 92.3 Å². The van der Waals surface area contributed by atoms with Crippen molar-refractivity contribution in [3.8, 4) is 0 Å². The Bertz CT molecular complexity index is 555. The van der Waals surface area contributed by atoms with Gasteiger partial charge >= 0.3 is 0 Å². The number of rotatable bonds is 3. The van der Waals surface area contributed by atoms with E-state index in [9.17, 15) is 4.79 Å². The van der Waals surface area contributed by atoms with Crippen molar-refractivity contribution in [1.29, 1.82) is 0 Å². The van der Waals surface area contributed by atoms with Crippen molar-refractivity contribution in [1.82, 2.24) is 19.6 Å². The van der Waals surface area contributed by atoms with E-state index in [1.807, 2.05) is 13.8 Å². The fraction of sp³-hybridized carbons (Fsp3) is 0.500. The summed E-state index contributed by atoms with van der Waals surface area (Å²) < 4.78 is 6.20. The van der Waals surface area contributed by atoms with Crippen LogP contribution >= 0.6 is 0 Å². The maximum Gasteiger partial charge on any atom is 0.279 e. The van der Waals surface area contributed by atoms with E-state index in [1.54, 1.807) is 13.3 Å². The van der Waals surface area contributed by atoms with Crippen molar-refractivity contribution in [3.63, 3.8) is 0 Å². The van der Waals surface area contributed by atoms with E-state index < -0.39 is 0 Å². The molecule has 0 aliphatic rings. The van der Waals surface area contributed by atoms with Crippen LogP contribution in [-0.4, -0.2) is 26.7 Å². The van der Waals surface area contributed by atoms with Crippen molar-refractivity contribution in [2.24, 2.45) is 0 Å². The molecule has 0 unspecified atom stereocenters. The van der Waals surface area contributed by atoms with E-state index >= 15 is 0 Å². The highest BCUT2D eigenvalue weighted by atomic mass is 16.5. The van der Waals surface area contributed by atoms with E-state index in [-0.39, 0.29) is 11.5 Å². The minimum Gasteiger partial charge on any atom is -0.377 e. The van der Waals surface area contributed by atoms with Crippen LogP contribution in [-0.2, 0) is 11.3 Å². The highest BCUT2D eigenvalue weighted by Gasteiger charge is 2.11. The lowest BCUT2D eigenvalue weighted by molar-refractivity contribution is 0.178. The van der Waals surface area contributed by atoms with Gasteiger partial charge in [-0.2, -0.15) is 9.50 Å². The third-order valence-corrected chi connectivity index (χ3v) is 2.34. The number of hydrogen-bond donors (Lipinski definition) is 1. The Hall–Kier alpha value is -1.69. The first-order valence-corrected chi connectivity index (χ1v) is 5.09. The molecule has 2 heterocycles. The van der Waals surface area contributed by atoms with Crippen LogP contribution in [0.2, 0.25) is 0 Å². The smallest absolute Gasteiger partial charge is 0.279 e. The fourth-order valence-corrected chi connectivity index (χ4v) is 1.52. The molecule has 2 aromatic heterocycles. The molecule has 6 nitrogen and oxygen atoms in total. The summed E-state index contributed by atoms with van der Waals surface area (Å²) in [7, 11) is 1.56.